The summed E-state index contributed by atoms with van der Waals surface area (Å²) in [4.78, 5) is 16.5. The maximum absolute atomic E-state index is 12.2. The Kier molecular flexibility index (Phi) is 6.72. The smallest absolute Gasteiger partial charge is 0.226 e. The standard InChI is InChI=1S/C22H17N5O2S2/c23-12-15-6-8-16(9-7-15)14-30-22-27-26-21(31-22)25-19(28)10-11-20-24-13-18(29-20)17-4-2-1-3-5-17/h1-9,13H,10-11,14H2,(H,25,26,28). The number of benzene rings is 2. The fourth-order valence-electron chi connectivity index (χ4n) is 2.70. The van der Waals surface area contributed by atoms with Gasteiger partial charge in [-0.25, -0.2) is 4.98 Å². The zero-order chi connectivity index (χ0) is 21.5. The summed E-state index contributed by atoms with van der Waals surface area (Å²) >= 11 is 2.86. The molecule has 0 aliphatic carbocycles. The molecule has 154 valence electrons. The Morgan fingerprint density at radius 3 is 2.71 bits per heavy atom. The van der Waals surface area contributed by atoms with E-state index in [2.05, 4.69) is 26.6 Å². The monoisotopic (exact) mass is 447 g/mol. The third-order valence-corrected chi connectivity index (χ3v) is 6.32. The Hall–Kier alpha value is -3.48. The molecule has 2 aromatic heterocycles. The lowest BCUT2D eigenvalue weighted by atomic mass is 10.2. The predicted octanol–water partition coefficient (Wildman–Crippen LogP) is 4.93. The minimum atomic E-state index is -0.167. The summed E-state index contributed by atoms with van der Waals surface area (Å²) < 4.78 is 6.49. The lowest BCUT2D eigenvalue weighted by molar-refractivity contribution is -0.116. The first-order chi connectivity index (χ1) is 15.2. The predicted molar refractivity (Wildman–Crippen MR) is 120 cm³/mol. The van der Waals surface area contributed by atoms with Gasteiger partial charge in [-0.15, -0.1) is 10.2 Å². The zero-order valence-corrected chi connectivity index (χ0v) is 17.9. The van der Waals surface area contributed by atoms with E-state index in [0.717, 1.165) is 15.5 Å². The van der Waals surface area contributed by atoms with Crippen molar-refractivity contribution < 1.29 is 9.21 Å². The number of nitrogens with one attached hydrogen (secondary N) is 1. The summed E-state index contributed by atoms with van der Waals surface area (Å²) in [5.41, 5.74) is 2.67. The molecule has 0 radical (unpaired) electrons. The van der Waals surface area contributed by atoms with Crippen LogP contribution in [-0.4, -0.2) is 21.1 Å². The second-order valence-electron chi connectivity index (χ2n) is 6.50. The number of thioether (sulfide) groups is 1. The molecule has 0 bridgehead atoms. The highest BCUT2D eigenvalue weighted by molar-refractivity contribution is 8.00. The number of hydrogen-bond acceptors (Lipinski definition) is 8. The first-order valence-corrected chi connectivity index (χ1v) is 11.2. The van der Waals surface area contributed by atoms with Gasteiger partial charge in [-0.05, 0) is 17.7 Å². The van der Waals surface area contributed by atoms with Crippen LogP contribution in [-0.2, 0) is 17.0 Å². The number of amides is 1. The van der Waals surface area contributed by atoms with Crippen LogP contribution in [0.25, 0.3) is 11.3 Å². The van der Waals surface area contributed by atoms with Crippen LogP contribution in [0.5, 0.6) is 0 Å². The molecule has 9 heteroatoms. The highest BCUT2D eigenvalue weighted by Gasteiger charge is 2.12. The van der Waals surface area contributed by atoms with Gasteiger partial charge in [-0.1, -0.05) is 65.6 Å². The first-order valence-electron chi connectivity index (χ1n) is 9.45. The number of nitriles is 1. The largest absolute Gasteiger partial charge is 0.441 e. The molecule has 0 saturated carbocycles. The van der Waals surface area contributed by atoms with E-state index in [-0.39, 0.29) is 12.3 Å². The Balaban J connectivity index is 1.24. The van der Waals surface area contributed by atoms with Crippen molar-refractivity contribution in [1.29, 1.82) is 5.26 Å². The van der Waals surface area contributed by atoms with E-state index in [1.165, 1.54) is 23.1 Å². The number of aryl methyl sites for hydroxylation is 1. The Labute approximate surface area is 187 Å². The van der Waals surface area contributed by atoms with Gasteiger partial charge in [0.15, 0.2) is 16.0 Å². The third-order valence-electron chi connectivity index (χ3n) is 4.28. The van der Waals surface area contributed by atoms with Crippen molar-refractivity contribution in [2.75, 3.05) is 5.32 Å². The highest BCUT2D eigenvalue weighted by atomic mass is 32.2. The second kappa shape index (κ2) is 10.0. The van der Waals surface area contributed by atoms with E-state index in [9.17, 15) is 4.79 Å². The molecule has 0 unspecified atom stereocenters. The summed E-state index contributed by atoms with van der Waals surface area (Å²) in [5.74, 6) is 1.75. The average Bonchev–Trinajstić information content (AvgIpc) is 3.47. The molecule has 0 aliphatic rings. The number of aromatic nitrogens is 3. The third kappa shape index (κ3) is 5.78. The van der Waals surface area contributed by atoms with E-state index in [4.69, 9.17) is 9.68 Å². The van der Waals surface area contributed by atoms with Crippen molar-refractivity contribution in [3.8, 4) is 17.4 Å². The van der Waals surface area contributed by atoms with Gasteiger partial charge in [-0.3, -0.25) is 4.79 Å². The molecule has 4 aromatic rings. The van der Waals surface area contributed by atoms with E-state index in [1.54, 1.807) is 18.3 Å². The molecule has 0 atom stereocenters. The molecule has 0 saturated heterocycles. The van der Waals surface area contributed by atoms with Crippen LogP contribution in [0.3, 0.4) is 0 Å². The molecule has 1 amide bonds. The minimum absolute atomic E-state index is 0.167. The lowest BCUT2D eigenvalue weighted by Gasteiger charge is -1.99. The first kappa shape index (κ1) is 20.8. The van der Waals surface area contributed by atoms with Gasteiger partial charge in [0.05, 0.1) is 17.8 Å². The second-order valence-corrected chi connectivity index (χ2v) is 8.70. The van der Waals surface area contributed by atoms with Crippen molar-refractivity contribution in [2.24, 2.45) is 0 Å². The van der Waals surface area contributed by atoms with Gasteiger partial charge in [0.25, 0.3) is 0 Å². The normalized spacial score (nSPS) is 10.5. The van der Waals surface area contributed by atoms with Gasteiger partial charge in [0.2, 0.25) is 11.0 Å². The number of rotatable bonds is 8. The highest BCUT2D eigenvalue weighted by Crippen LogP contribution is 2.28. The number of carbonyl (C=O) groups is 1. The van der Waals surface area contributed by atoms with Crippen molar-refractivity contribution in [2.45, 2.75) is 22.9 Å². The van der Waals surface area contributed by atoms with Gasteiger partial charge in [0, 0.05) is 24.2 Å². The van der Waals surface area contributed by atoms with Crippen LogP contribution < -0.4 is 5.32 Å². The van der Waals surface area contributed by atoms with Crippen LogP contribution in [0.4, 0.5) is 5.13 Å². The van der Waals surface area contributed by atoms with E-state index in [1.807, 2.05) is 42.5 Å². The summed E-state index contributed by atoms with van der Waals surface area (Å²) in [6.45, 7) is 0. The molecule has 0 spiro atoms. The molecule has 31 heavy (non-hydrogen) atoms. The zero-order valence-electron chi connectivity index (χ0n) is 16.3. The van der Waals surface area contributed by atoms with E-state index >= 15 is 0 Å². The minimum Gasteiger partial charge on any atom is -0.441 e. The van der Waals surface area contributed by atoms with Crippen molar-refractivity contribution in [3.05, 3.63) is 77.8 Å². The molecule has 2 aromatic carbocycles. The number of carbonyl (C=O) groups excluding carboxylic acids is 1. The topological polar surface area (TPSA) is 105 Å². The maximum atomic E-state index is 12.2. The summed E-state index contributed by atoms with van der Waals surface area (Å²) in [6.07, 6.45) is 2.31. The maximum Gasteiger partial charge on any atom is 0.226 e. The Bertz CT molecular complexity index is 1200. The van der Waals surface area contributed by atoms with Crippen LogP contribution in [0, 0.1) is 11.3 Å². The Morgan fingerprint density at radius 2 is 1.94 bits per heavy atom. The van der Waals surface area contributed by atoms with Gasteiger partial charge >= 0.3 is 0 Å². The van der Waals surface area contributed by atoms with Crippen molar-refractivity contribution in [3.63, 3.8) is 0 Å². The SMILES string of the molecule is N#Cc1ccc(CSc2nnc(NC(=O)CCc3ncc(-c4ccccc4)o3)s2)cc1. The van der Waals surface area contributed by atoms with Crippen molar-refractivity contribution in [1.82, 2.24) is 15.2 Å². The molecule has 2 heterocycles. The van der Waals surface area contributed by atoms with Crippen LogP contribution in [0.2, 0.25) is 0 Å². The average molecular weight is 448 g/mol. The fourth-order valence-corrected chi connectivity index (χ4v) is 4.43. The van der Waals surface area contributed by atoms with Crippen LogP contribution >= 0.6 is 23.1 Å². The summed E-state index contributed by atoms with van der Waals surface area (Å²) in [5, 5.41) is 20.2. The number of hydrogen-bond donors (Lipinski definition) is 1. The molecule has 7 nitrogen and oxygen atoms in total. The fraction of sp³-hybridized carbons (Fsp3) is 0.136. The van der Waals surface area contributed by atoms with E-state index in [0.29, 0.717) is 34.5 Å². The molecular weight excluding hydrogens is 430 g/mol. The van der Waals surface area contributed by atoms with Gasteiger partial charge < -0.3 is 9.73 Å². The van der Waals surface area contributed by atoms with Gasteiger partial charge in [-0.2, -0.15) is 5.26 Å². The Morgan fingerprint density at radius 1 is 1.13 bits per heavy atom. The number of anilines is 1. The molecule has 0 fully saturated rings. The molecular formula is C22H17N5O2S2. The lowest BCUT2D eigenvalue weighted by Crippen LogP contribution is -2.12. The quantitative estimate of drug-likeness (QED) is 0.302. The van der Waals surface area contributed by atoms with Crippen molar-refractivity contribution >= 4 is 34.1 Å². The molecule has 4 rings (SSSR count). The summed E-state index contributed by atoms with van der Waals surface area (Å²) in [7, 11) is 0. The summed E-state index contributed by atoms with van der Waals surface area (Å²) in [6, 6.07) is 19.2. The molecule has 0 aliphatic heterocycles. The van der Waals surface area contributed by atoms with Gasteiger partial charge in [0.1, 0.15) is 0 Å². The molecule has 1 N–H and O–H groups in total. The van der Waals surface area contributed by atoms with Crippen LogP contribution in [0.15, 0.2) is 69.6 Å². The number of nitrogens with zero attached hydrogens (tertiary/aromatic N) is 4. The van der Waals surface area contributed by atoms with E-state index < -0.39 is 0 Å². The van der Waals surface area contributed by atoms with Crippen LogP contribution in [0.1, 0.15) is 23.4 Å². The number of oxazole rings is 1.